The number of hydrogen-bond acceptors (Lipinski definition) is 22. The van der Waals surface area contributed by atoms with Crippen molar-refractivity contribution in [3.63, 3.8) is 0 Å². The lowest BCUT2D eigenvalue weighted by Gasteiger charge is -2.34. The number of hydrogen-bond donors (Lipinski definition) is 19. The number of nitrogens with zero attached hydrogens (tertiary/aromatic N) is 1. The number of rotatable bonds is 25. The van der Waals surface area contributed by atoms with E-state index in [4.69, 9.17) is 52.2 Å². The number of carbonyl (C=O) groups excluding carboxylic acids is 13. The number of aliphatic imine (C=N–C) groups is 1. The number of cyclic esters (lactones) is 1. The van der Waals surface area contributed by atoms with Crippen LogP contribution in [0.2, 0.25) is 0 Å². The molecular formula is C69H103F6N15O22. The van der Waals surface area contributed by atoms with Gasteiger partial charge in [0.1, 0.15) is 42.3 Å². The summed E-state index contributed by atoms with van der Waals surface area (Å²) >= 11 is 0. The number of nitrogens with two attached hydrogens (primary N) is 4. The monoisotopic (exact) mass is 1610 g/mol. The van der Waals surface area contributed by atoms with Gasteiger partial charge in [0.2, 0.25) is 65.2 Å². The molecule has 0 spiro atoms. The minimum absolute atomic E-state index is 0.0333. The number of aliphatic hydroxyl groups is 3. The maximum atomic E-state index is 15.5. The molecule has 0 unspecified atom stereocenters. The zero-order valence-corrected chi connectivity index (χ0v) is 63.3. The summed E-state index contributed by atoms with van der Waals surface area (Å²) in [6.45, 7) is 15.2. The average molecular weight is 1610 g/mol. The van der Waals surface area contributed by atoms with Gasteiger partial charge in [-0.05, 0) is 86.3 Å². The number of primary amides is 1. The summed E-state index contributed by atoms with van der Waals surface area (Å²) in [7, 11) is 0. The number of carboxylic acid groups (broad SMARTS) is 2. The molecule has 15 atom stereocenters. The summed E-state index contributed by atoms with van der Waals surface area (Å²) in [6, 6.07) is -4.19. The van der Waals surface area contributed by atoms with Crippen LogP contribution in [0.1, 0.15) is 137 Å². The van der Waals surface area contributed by atoms with Crippen LogP contribution in [0.15, 0.2) is 65.7 Å². The zero-order valence-electron chi connectivity index (χ0n) is 63.3. The molecule has 1 aliphatic rings. The van der Waals surface area contributed by atoms with Crippen molar-refractivity contribution < 1.29 is 133 Å². The molecule has 1 fully saturated rings. The molecule has 2 aromatic carbocycles. The Balaban J connectivity index is 0.00000406. The van der Waals surface area contributed by atoms with Crippen LogP contribution in [-0.4, -0.2) is 231 Å². The van der Waals surface area contributed by atoms with E-state index in [2.05, 4.69) is 58.2 Å². The van der Waals surface area contributed by atoms with Gasteiger partial charge in [0, 0.05) is 6.54 Å². The van der Waals surface area contributed by atoms with E-state index in [1.165, 1.54) is 74.5 Å². The van der Waals surface area contributed by atoms with E-state index in [-0.39, 0.29) is 74.0 Å². The second-order valence-corrected chi connectivity index (χ2v) is 27.4. The number of guanidine groups is 1. The number of ether oxygens (including phenoxy) is 2. The summed E-state index contributed by atoms with van der Waals surface area (Å²) < 4.78 is 74.9. The third-order valence-electron chi connectivity index (χ3n) is 16.2. The topological polar surface area (TPSA) is 612 Å². The molecule has 0 bridgehead atoms. The number of alkyl halides is 6. The lowest BCUT2D eigenvalue weighted by atomic mass is 9.95. The molecular weight excluding hydrogens is 1500 g/mol. The number of esters is 2. The number of carboxylic acids is 2. The van der Waals surface area contributed by atoms with Crippen LogP contribution in [0.4, 0.5) is 26.3 Å². The first-order valence-corrected chi connectivity index (χ1v) is 35.1. The molecule has 1 heterocycles. The first-order chi connectivity index (χ1) is 51.9. The first-order valence-electron chi connectivity index (χ1n) is 35.1. The van der Waals surface area contributed by atoms with E-state index < -0.39 is 217 Å². The van der Waals surface area contributed by atoms with Gasteiger partial charge < -0.3 is 111 Å². The van der Waals surface area contributed by atoms with Crippen molar-refractivity contribution in [1.82, 2.24) is 53.2 Å². The molecule has 0 aliphatic carbocycles. The van der Waals surface area contributed by atoms with Crippen molar-refractivity contribution in [3.8, 4) is 0 Å². The first kappa shape index (κ1) is 99.2. The second-order valence-electron chi connectivity index (χ2n) is 27.4. The highest BCUT2D eigenvalue weighted by molar-refractivity contribution is 6.01. The lowest BCUT2D eigenvalue weighted by Crippen LogP contribution is -2.64. The number of halogens is 6. The van der Waals surface area contributed by atoms with Crippen molar-refractivity contribution >= 4 is 94.8 Å². The predicted octanol–water partition coefficient (Wildman–Crippen LogP) is -2.30. The Morgan fingerprint density at radius 2 is 1.09 bits per heavy atom. The van der Waals surface area contributed by atoms with Gasteiger partial charge in [-0.3, -0.25) is 57.7 Å². The largest absolute Gasteiger partial charge is 0.490 e. The highest BCUT2D eigenvalue weighted by Crippen LogP contribution is 2.26. The van der Waals surface area contributed by atoms with Crippen molar-refractivity contribution in [2.45, 2.75) is 212 Å². The van der Waals surface area contributed by atoms with E-state index in [9.17, 15) is 94.4 Å². The van der Waals surface area contributed by atoms with E-state index in [1.54, 1.807) is 41.5 Å². The maximum absolute atomic E-state index is 15.5. The fourth-order valence-electron chi connectivity index (χ4n) is 10.1. The summed E-state index contributed by atoms with van der Waals surface area (Å²) in [6.07, 6.45) is -18.3. The van der Waals surface area contributed by atoms with Gasteiger partial charge in [0.15, 0.2) is 24.1 Å². The zero-order chi connectivity index (χ0) is 86.0. The van der Waals surface area contributed by atoms with Crippen molar-refractivity contribution in [2.24, 2.45) is 57.5 Å². The smallest absolute Gasteiger partial charge is 0.475 e. The van der Waals surface area contributed by atoms with Gasteiger partial charge in [-0.2, -0.15) is 26.3 Å². The minimum atomic E-state index is -5.08. The number of benzene rings is 2. The van der Waals surface area contributed by atoms with E-state index in [0.29, 0.717) is 0 Å². The van der Waals surface area contributed by atoms with Gasteiger partial charge in [-0.15, -0.1) is 0 Å². The Hall–Kier alpha value is -10.8. The van der Waals surface area contributed by atoms with Crippen LogP contribution in [-0.2, 0) is 76.6 Å². The molecule has 3 rings (SSSR count). The summed E-state index contributed by atoms with van der Waals surface area (Å²) in [5.74, 6) is -24.3. The summed E-state index contributed by atoms with van der Waals surface area (Å²) in [4.78, 5) is 209. The average Bonchev–Trinajstić information content (AvgIpc) is 0.833. The third kappa shape index (κ3) is 35.0. The second kappa shape index (κ2) is 47.4. The normalized spacial score (nSPS) is 22.0. The molecule has 0 aromatic heterocycles. The van der Waals surface area contributed by atoms with Gasteiger partial charge in [0.25, 0.3) is 5.91 Å². The summed E-state index contributed by atoms with van der Waals surface area (Å²) in [5.41, 5.74) is 22.9. The van der Waals surface area contributed by atoms with Crippen molar-refractivity contribution in [2.75, 3.05) is 19.7 Å². The van der Waals surface area contributed by atoms with E-state index in [1.807, 2.05) is 13.8 Å². The Morgan fingerprint density at radius 3 is 1.56 bits per heavy atom. The van der Waals surface area contributed by atoms with Crippen LogP contribution < -0.4 is 76.1 Å². The Labute approximate surface area is 640 Å². The fraction of sp³-hybridized carbons (Fsp3) is 0.594. The number of carbonyl (C=O) groups is 15. The molecule has 23 N–H and O–H groups in total. The molecule has 1 saturated heterocycles. The quantitative estimate of drug-likeness (QED) is 0.0163. The highest BCUT2D eigenvalue weighted by atomic mass is 19.4. The highest BCUT2D eigenvalue weighted by Gasteiger charge is 2.45. The minimum Gasteiger partial charge on any atom is -0.475 e. The number of aliphatic carboxylic acids is 2. The molecule has 11 amide bonds. The van der Waals surface area contributed by atoms with Gasteiger partial charge in [0.05, 0.1) is 37.0 Å². The van der Waals surface area contributed by atoms with Crippen LogP contribution in [0.3, 0.4) is 0 Å². The number of nitrogens with one attached hydrogen (secondary N) is 10. The predicted molar refractivity (Wildman–Crippen MR) is 383 cm³/mol. The molecule has 1 aliphatic heterocycles. The molecule has 628 valence electrons. The molecule has 0 saturated carbocycles. The summed E-state index contributed by atoms with van der Waals surface area (Å²) in [5, 5.41) is 72.3. The van der Waals surface area contributed by atoms with Gasteiger partial charge in [-0.1, -0.05) is 124 Å². The lowest BCUT2D eigenvalue weighted by molar-refractivity contribution is -0.193. The van der Waals surface area contributed by atoms with Crippen molar-refractivity contribution in [3.05, 3.63) is 71.8 Å². The molecule has 2 aromatic rings. The standard InChI is InChI=1S/C65H101N15O18.2C2HF3O2/c1-12-35(10)45-59(91)78-46(36(11)82)58(90)71-29-44(83)76-49(52(53(67)85)98-63(95)38-22-17-14-18-23-38)61(93)75-43(30-81)64(96)97-51(37-20-15-13-16-21-37)48(80-57(89)42(28-33(6)7)73-54(86)39(66)26-31(2)3)62(94)79-47(50(84)34(8)9)60(92)74-41(27-32(4)5)56(88)72-40(55(87)77-45)24-19-25-70-65(68)69;2*3-2(4,5)1(6)7/h13-18,20-23,31-36,39-43,45-52,81-82,84H,12,19,24-30,66H2,1-11H3,(H2,67,85)(H,71,90)(H,72,88)(H,73,86)(H,74,92)(H,75,93)(H,76,83)(H,77,87)(H,78,91)(H,79,94)(H,80,89)(H4,68,69,70);2*(H,6,7)/t35-,36-,39+,40+,41-,42-,43-,45-,46-,47-,48-,49-,50+,51+,52-;;/m0../s1. The van der Waals surface area contributed by atoms with Gasteiger partial charge in [-0.25, -0.2) is 19.2 Å². The van der Waals surface area contributed by atoms with Crippen LogP contribution in [0.25, 0.3) is 0 Å². The fourth-order valence-corrected chi connectivity index (χ4v) is 10.1. The van der Waals surface area contributed by atoms with Crippen molar-refractivity contribution in [1.29, 1.82) is 0 Å². The third-order valence-corrected chi connectivity index (χ3v) is 16.2. The van der Waals surface area contributed by atoms with E-state index in [0.717, 1.165) is 6.92 Å². The SMILES string of the molecule is CC[C@H](C)[C@@H]1NC(=O)[C@@H](CCCN=C(N)N)NC(=O)[C@H](CC(C)C)NC(=O)[C@H]([C@H](O)C(C)C)NC(=O)[C@@H](NC(=O)[C@H](CC(C)C)NC(=O)[C@H](N)CC(C)C)[C@@H](c2ccccc2)OC(=O)[C@H](CO)NC(=O)[C@H]([C@H](OC(=O)c2ccccc2)C(N)=O)NC(=O)CNC(=O)[C@H]([C@H](C)O)NC1=O.O=C(O)C(F)(F)F.O=C(O)C(F)(F)F. The molecule has 0 radical (unpaired) electrons. The van der Waals surface area contributed by atoms with E-state index >= 15 is 9.59 Å². The van der Waals surface area contributed by atoms with Crippen LogP contribution >= 0.6 is 0 Å². The maximum Gasteiger partial charge on any atom is 0.490 e. The van der Waals surface area contributed by atoms with Crippen LogP contribution in [0, 0.1) is 29.6 Å². The number of aliphatic hydroxyl groups excluding tert-OH is 3. The molecule has 43 heteroatoms. The van der Waals surface area contributed by atoms with Gasteiger partial charge >= 0.3 is 36.2 Å². The Kier molecular flexibility index (Phi) is 42.0. The Bertz CT molecular complexity index is 3510. The van der Waals surface area contributed by atoms with Crippen LogP contribution in [0.5, 0.6) is 0 Å². The molecule has 37 nitrogen and oxygen atoms in total. The number of amides is 11. The Morgan fingerprint density at radius 1 is 0.607 bits per heavy atom. The molecule has 112 heavy (non-hydrogen) atoms.